The first kappa shape index (κ1) is 19.3. The Kier molecular flexibility index (Phi) is 6.87. The van der Waals surface area contributed by atoms with E-state index in [4.69, 9.17) is 4.74 Å². The Hall–Kier alpha value is -1.76. The van der Waals surface area contributed by atoms with Gasteiger partial charge in [-0.15, -0.1) is 0 Å². The molecule has 0 aliphatic rings. The average molecular weight is 341 g/mol. The van der Waals surface area contributed by atoms with Crippen LogP contribution in [0.25, 0.3) is 0 Å². The molecule has 1 aromatic rings. The molecule has 0 unspecified atom stereocenters. The number of hydrogen-bond acceptors (Lipinski definition) is 4. The number of sulfone groups is 1. The van der Waals surface area contributed by atoms with Crippen molar-refractivity contribution in [3.05, 3.63) is 29.8 Å². The fourth-order valence-electron chi connectivity index (χ4n) is 1.71. The van der Waals surface area contributed by atoms with Crippen LogP contribution in [0.1, 0.15) is 26.3 Å². The highest BCUT2D eigenvalue weighted by Crippen LogP contribution is 2.14. The lowest BCUT2D eigenvalue weighted by Crippen LogP contribution is -2.47. The summed E-state index contributed by atoms with van der Waals surface area (Å²) in [5.41, 5.74) is 1.02. The van der Waals surface area contributed by atoms with Crippen molar-refractivity contribution in [1.82, 2.24) is 10.6 Å². The van der Waals surface area contributed by atoms with E-state index in [2.05, 4.69) is 15.6 Å². The van der Waals surface area contributed by atoms with Gasteiger partial charge in [-0.1, -0.05) is 12.1 Å². The maximum absolute atomic E-state index is 11.8. The molecule has 1 aromatic carbocycles. The number of nitrogens with zero attached hydrogens (tertiary/aromatic N) is 1. The minimum Gasteiger partial charge on any atom is -0.497 e. The molecule has 1 rings (SSSR count). The third-order valence-electron chi connectivity index (χ3n) is 3.58. The molecule has 0 atom stereocenters. The number of hydrogen-bond donors (Lipinski definition) is 2. The summed E-state index contributed by atoms with van der Waals surface area (Å²) in [6.45, 7) is 6.82. The number of ether oxygens (including phenoxy) is 1. The zero-order valence-electron chi connectivity index (χ0n) is 14.5. The summed E-state index contributed by atoms with van der Waals surface area (Å²) in [6, 6.07) is 7.69. The number of guanidine groups is 1. The molecule has 0 amide bonds. The maximum atomic E-state index is 11.8. The van der Waals surface area contributed by atoms with Gasteiger partial charge in [0.15, 0.2) is 15.8 Å². The van der Waals surface area contributed by atoms with Crippen molar-refractivity contribution in [3.63, 3.8) is 0 Å². The topological polar surface area (TPSA) is 79.8 Å². The normalized spacial score (nSPS) is 12.8. The molecule has 130 valence electrons. The molecule has 0 radical (unpaired) electrons. The Labute approximate surface area is 139 Å². The van der Waals surface area contributed by atoms with Crippen LogP contribution in [-0.2, 0) is 16.4 Å². The summed E-state index contributed by atoms with van der Waals surface area (Å²) in [6.07, 6.45) is 1.25. The second kappa shape index (κ2) is 8.19. The Morgan fingerprint density at radius 1 is 1.30 bits per heavy atom. The SMILES string of the molecule is CCNC(=NCc1cccc(OC)c1)NCC(C)(C)S(C)(=O)=O. The Morgan fingerprint density at radius 2 is 2.00 bits per heavy atom. The summed E-state index contributed by atoms with van der Waals surface area (Å²) >= 11 is 0. The van der Waals surface area contributed by atoms with Crippen LogP contribution in [0, 0.1) is 0 Å². The van der Waals surface area contributed by atoms with Gasteiger partial charge in [-0.2, -0.15) is 0 Å². The van der Waals surface area contributed by atoms with Crippen LogP contribution in [0.2, 0.25) is 0 Å². The van der Waals surface area contributed by atoms with Crippen LogP contribution in [-0.4, -0.2) is 45.6 Å². The van der Waals surface area contributed by atoms with Crippen molar-refractivity contribution in [2.45, 2.75) is 32.1 Å². The zero-order chi connectivity index (χ0) is 17.5. The van der Waals surface area contributed by atoms with E-state index in [0.717, 1.165) is 11.3 Å². The average Bonchev–Trinajstić information content (AvgIpc) is 2.49. The molecular weight excluding hydrogens is 314 g/mol. The molecule has 2 N–H and O–H groups in total. The Morgan fingerprint density at radius 3 is 2.57 bits per heavy atom. The van der Waals surface area contributed by atoms with Gasteiger partial charge in [-0.05, 0) is 38.5 Å². The molecule has 0 saturated carbocycles. The van der Waals surface area contributed by atoms with E-state index >= 15 is 0 Å². The van der Waals surface area contributed by atoms with Crippen LogP contribution in [0.5, 0.6) is 5.75 Å². The predicted molar refractivity (Wildman–Crippen MR) is 94.7 cm³/mol. The van der Waals surface area contributed by atoms with E-state index in [0.29, 0.717) is 19.0 Å². The van der Waals surface area contributed by atoms with Gasteiger partial charge in [0.05, 0.1) is 18.4 Å². The number of rotatable bonds is 7. The number of aliphatic imine (C=N–C) groups is 1. The van der Waals surface area contributed by atoms with Crippen LogP contribution >= 0.6 is 0 Å². The third-order valence-corrected chi connectivity index (χ3v) is 5.74. The molecule has 7 heteroatoms. The smallest absolute Gasteiger partial charge is 0.191 e. The fraction of sp³-hybridized carbons (Fsp3) is 0.562. The molecule has 0 bridgehead atoms. The predicted octanol–water partition coefficient (Wildman–Crippen LogP) is 1.57. The van der Waals surface area contributed by atoms with Crippen molar-refractivity contribution in [2.75, 3.05) is 26.5 Å². The molecule has 0 aliphatic heterocycles. The number of benzene rings is 1. The minimum absolute atomic E-state index is 0.287. The van der Waals surface area contributed by atoms with Gasteiger partial charge < -0.3 is 15.4 Å². The van der Waals surface area contributed by atoms with E-state index in [1.54, 1.807) is 21.0 Å². The lowest BCUT2D eigenvalue weighted by molar-refractivity contribution is 0.414. The second-order valence-electron chi connectivity index (χ2n) is 5.93. The van der Waals surface area contributed by atoms with Crippen molar-refractivity contribution in [1.29, 1.82) is 0 Å². The molecule has 0 fully saturated rings. The second-order valence-corrected chi connectivity index (χ2v) is 8.58. The molecule has 0 aliphatic carbocycles. The van der Waals surface area contributed by atoms with Crippen LogP contribution in [0.4, 0.5) is 0 Å². The highest BCUT2D eigenvalue weighted by atomic mass is 32.2. The van der Waals surface area contributed by atoms with E-state index in [1.807, 2.05) is 31.2 Å². The van der Waals surface area contributed by atoms with Gasteiger partial charge in [-0.25, -0.2) is 13.4 Å². The molecule has 6 nitrogen and oxygen atoms in total. The molecule has 0 aromatic heterocycles. The summed E-state index contributed by atoms with van der Waals surface area (Å²) in [4.78, 5) is 4.49. The van der Waals surface area contributed by atoms with Gasteiger partial charge in [0.25, 0.3) is 0 Å². The molecule has 23 heavy (non-hydrogen) atoms. The highest BCUT2D eigenvalue weighted by molar-refractivity contribution is 7.92. The fourth-order valence-corrected chi connectivity index (χ4v) is 2.04. The summed E-state index contributed by atoms with van der Waals surface area (Å²) in [7, 11) is -1.52. The van der Waals surface area contributed by atoms with Gasteiger partial charge in [0.1, 0.15) is 5.75 Å². The largest absolute Gasteiger partial charge is 0.497 e. The van der Waals surface area contributed by atoms with Gasteiger partial charge >= 0.3 is 0 Å². The first-order chi connectivity index (χ1) is 10.7. The van der Waals surface area contributed by atoms with Gasteiger partial charge in [0, 0.05) is 19.3 Å². The quantitative estimate of drug-likeness (QED) is 0.581. The van der Waals surface area contributed by atoms with Gasteiger partial charge in [0.2, 0.25) is 0 Å². The van der Waals surface area contributed by atoms with Crippen molar-refractivity contribution < 1.29 is 13.2 Å². The molecule has 0 saturated heterocycles. The monoisotopic (exact) mass is 341 g/mol. The third kappa shape index (κ3) is 6.09. The van der Waals surface area contributed by atoms with Crippen LogP contribution < -0.4 is 15.4 Å². The molecular formula is C16H27N3O3S. The van der Waals surface area contributed by atoms with E-state index in [1.165, 1.54) is 6.26 Å². The van der Waals surface area contributed by atoms with E-state index in [9.17, 15) is 8.42 Å². The summed E-state index contributed by atoms with van der Waals surface area (Å²) in [5, 5.41) is 6.21. The van der Waals surface area contributed by atoms with Crippen LogP contribution in [0.15, 0.2) is 29.3 Å². The van der Waals surface area contributed by atoms with Gasteiger partial charge in [-0.3, -0.25) is 0 Å². The van der Waals surface area contributed by atoms with Crippen molar-refractivity contribution in [2.24, 2.45) is 4.99 Å². The van der Waals surface area contributed by atoms with E-state index < -0.39 is 14.6 Å². The van der Waals surface area contributed by atoms with Crippen molar-refractivity contribution >= 4 is 15.8 Å². The Bertz CT molecular complexity index is 640. The first-order valence-electron chi connectivity index (χ1n) is 7.54. The molecule has 0 heterocycles. The number of nitrogens with one attached hydrogen (secondary N) is 2. The lowest BCUT2D eigenvalue weighted by atomic mass is 10.2. The first-order valence-corrected chi connectivity index (χ1v) is 9.43. The zero-order valence-corrected chi connectivity index (χ0v) is 15.3. The highest BCUT2D eigenvalue weighted by Gasteiger charge is 2.30. The van der Waals surface area contributed by atoms with Crippen LogP contribution in [0.3, 0.4) is 0 Å². The summed E-state index contributed by atoms with van der Waals surface area (Å²) in [5.74, 6) is 1.38. The lowest BCUT2D eigenvalue weighted by Gasteiger charge is -2.24. The standard InChI is InChI=1S/C16H27N3O3S/c1-6-17-15(19-12-16(2,3)23(5,20)21)18-11-13-8-7-9-14(10-13)22-4/h7-10H,6,11-12H2,1-5H3,(H2,17,18,19). The minimum atomic E-state index is -3.15. The van der Waals surface area contributed by atoms with Crippen molar-refractivity contribution in [3.8, 4) is 5.75 Å². The van der Waals surface area contributed by atoms with E-state index in [-0.39, 0.29) is 6.54 Å². The molecule has 0 spiro atoms. The maximum Gasteiger partial charge on any atom is 0.191 e. The Balaban J connectivity index is 2.77. The number of methoxy groups -OCH3 is 1. The summed E-state index contributed by atoms with van der Waals surface area (Å²) < 4.78 is 27.8.